The molecule has 30 heavy (non-hydrogen) atoms. The summed E-state index contributed by atoms with van der Waals surface area (Å²) < 4.78 is 1.33. The Hall–Kier alpha value is -3.00. The highest BCUT2D eigenvalue weighted by Gasteiger charge is 2.23. The van der Waals surface area contributed by atoms with E-state index in [1.807, 2.05) is 49.4 Å². The maximum Gasteiger partial charge on any atom is 0.330 e. The number of thioether (sulfide) groups is 1. The highest BCUT2D eigenvalue weighted by atomic mass is 32.2. The van der Waals surface area contributed by atoms with Crippen molar-refractivity contribution >= 4 is 39.9 Å². The largest absolute Gasteiger partial charge is 0.383 e. The summed E-state index contributed by atoms with van der Waals surface area (Å²) in [7, 11) is 0. The quantitative estimate of drug-likeness (QED) is 0.539. The number of carbonyl (C=O) groups is 1. The van der Waals surface area contributed by atoms with E-state index < -0.39 is 11.2 Å². The average Bonchev–Trinajstić information content (AvgIpc) is 2.74. The number of fused-ring (bicyclic) bond motifs is 1. The molecule has 0 unspecified atom stereocenters. The van der Waals surface area contributed by atoms with Crippen LogP contribution in [-0.2, 0) is 11.3 Å². The van der Waals surface area contributed by atoms with E-state index in [2.05, 4.69) is 4.98 Å². The molecular weight excluding hydrogens is 400 g/mol. The van der Waals surface area contributed by atoms with Crippen LogP contribution < -0.4 is 21.9 Å². The fourth-order valence-corrected chi connectivity index (χ4v) is 4.14. The highest BCUT2D eigenvalue weighted by molar-refractivity contribution is 8.00. The Bertz CT molecular complexity index is 1170. The van der Waals surface area contributed by atoms with Gasteiger partial charge in [-0.25, -0.2) is 4.79 Å². The highest BCUT2D eigenvalue weighted by Crippen LogP contribution is 2.25. The van der Waals surface area contributed by atoms with Crippen molar-refractivity contribution in [2.24, 2.45) is 0 Å². The zero-order valence-electron chi connectivity index (χ0n) is 17.2. The van der Waals surface area contributed by atoms with E-state index in [0.717, 1.165) is 28.5 Å². The van der Waals surface area contributed by atoms with Gasteiger partial charge in [0.15, 0.2) is 5.69 Å². The van der Waals surface area contributed by atoms with Crippen LogP contribution in [0.2, 0.25) is 0 Å². The molecule has 0 saturated carbocycles. The molecule has 0 aliphatic heterocycles. The molecule has 158 valence electrons. The molecule has 0 atom stereocenters. The van der Waals surface area contributed by atoms with Gasteiger partial charge in [-0.05, 0) is 36.2 Å². The SMILES string of the molecule is CCCCn1c(N)c(N(CC)C(=O)CSc2ccc3ccccc3c2)c(=O)[nH]c1=O. The molecule has 8 heteroatoms. The number of amides is 1. The molecule has 3 N–H and O–H groups in total. The summed E-state index contributed by atoms with van der Waals surface area (Å²) in [6, 6.07) is 14.1. The molecule has 0 bridgehead atoms. The third-order valence-corrected chi connectivity index (χ3v) is 5.90. The number of benzene rings is 2. The van der Waals surface area contributed by atoms with Crippen molar-refractivity contribution in [3.8, 4) is 0 Å². The maximum atomic E-state index is 12.9. The van der Waals surface area contributed by atoms with Gasteiger partial charge in [-0.15, -0.1) is 11.8 Å². The number of unbranched alkanes of at least 4 members (excludes halogenated alkanes) is 1. The minimum atomic E-state index is -0.642. The van der Waals surface area contributed by atoms with Crippen LogP contribution in [0.25, 0.3) is 10.8 Å². The summed E-state index contributed by atoms with van der Waals surface area (Å²) in [5.74, 6) is -0.0595. The molecule has 3 rings (SSSR count). The number of rotatable bonds is 8. The second kappa shape index (κ2) is 9.67. The number of carbonyl (C=O) groups excluding carboxylic acids is 1. The summed E-state index contributed by atoms with van der Waals surface area (Å²) in [4.78, 5) is 42.1. The predicted molar refractivity (Wildman–Crippen MR) is 123 cm³/mol. The lowest BCUT2D eigenvalue weighted by molar-refractivity contribution is -0.116. The summed E-state index contributed by atoms with van der Waals surface area (Å²) in [5, 5.41) is 2.24. The molecule has 0 saturated heterocycles. The van der Waals surface area contributed by atoms with Gasteiger partial charge in [0.05, 0.1) is 5.75 Å². The van der Waals surface area contributed by atoms with Gasteiger partial charge in [0.1, 0.15) is 5.82 Å². The van der Waals surface area contributed by atoms with E-state index in [1.54, 1.807) is 6.92 Å². The van der Waals surface area contributed by atoms with Crippen LogP contribution in [0.1, 0.15) is 26.7 Å². The van der Waals surface area contributed by atoms with Crippen LogP contribution in [-0.4, -0.2) is 27.8 Å². The van der Waals surface area contributed by atoms with E-state index in [4.69, 9.17) is 5.73 Å². The summed E-state index contributed by atoms with van der Waals surface area (Å²) in [5.41, 5.74) is 5.00. The number of nitrogens with two attached hydrogens (primary N) is 1. The monoisotopic (exact) mass is 426 g/mol. The molecule has 0 aliphatic rings. The fourth-order valence-electron chi connectivity index (χ4n) is 3.32. The molecule has 0 fully saturated rings. The number of nitrogens with one attached hydrogen (secondary N) is 1. The van der Waals surface area contributed by atoms with Gasteiger partial charge in [0, 0.05) is 18.0 Å². The molecular formula is C22H26N4O3S. The van der Waals surface area contributed by atoms with E-state index in [9.17, 15) is 14.4 Å². The first kappa shape index (κ1) is 21.7. The van der Waals surface area contributed by atoms with Crippen molar-refractivity contribution < 1.29 is 4.79 Å². The third-order valence-electron chi connectivity index (χ3n) is 4.92. The van der Waals surface area contributed by atoms with Crippen molar-refractivity contribution in [3.63, 3.8) is 0 Å². The van der Waals surface area contributed by atoms with Crippen molar-refractivity contribution in [1.82, 2.24) is 9.55 Å². The Morgan fingerprint density at radius 3 is 2.57 bits per heavy atom. The zero-order valence-corrected chi connectivity index (χ0v) is 18.0. The van der Waals surface area contributed by atoms with E-state index >= 15 is 0 Å². The Morgan fingerprint density at radius 2 is 1.87 bits per heavy atom. The second-order valence-corrected chi connectivity index (χ2v) is 7.98. The lowest BCUT2D eigenvalue weighted by Gasteiger charge is -2.23. The number of aromatic nitrogens is 2. The molecule has 7 nitrogen and oxygen atoms in total. The molecule has 3 aromatic rings. The first-order valence-electron chi connectivity index (χ1n) is 10.0. The lowest BCUT2D eigenvalue weighted by Crippen LogP contribution is -2.41. The van der Waals surface area contributed by atoms with Crippen LogP contribution in [0.3, 0.4) is 0 Å². The smallest absolute Gasteiger partial charge is 0.330 e. The van der Waals surface area contributed by atoms with E-state index in [1.165, 1.54) is 21.2 Å². The van der Waals surface area contributed by atoms with Crippen molar-refractivity contribution in [3.05, 3.63) is 63.3 Å². The van der Waals surface area contributed by atoms with Gasteiger partial charge >= 0.3 is 5.69 Å². The number of H-pyrrole nitrogens is 1. The number of nitrogens with zero attached hydrogens (tertiary/aromatic N) is 2. The van der Waals surface area contributed by atoms with Crippen molar-refractivity contribution in [1.29, 1.82) is 0 Å². The van der Waals surface area contributed by atoms with Gasteiger partial charge < -0.3 is 10.6 Å². The van der Waals surface area contributed by atoms with Crippen LogP contribution in [0.5, 0.6) is 0 Å². The molecule has 1 aromatic heterocycles. The minimum Gasteiger partial charge on any atom is -0.383 e. The van der Waals surface area contributed by atoms with E-state index in [-0.39, 0.29) is 29.7 Å². The number of hydrogen-bond acceptors (Lipinski definition) is 5. The Labute approximate surface area is 178 Å². The topological polar surface area (TPSA) is 101 Å². The van der Waals surface area contributed by atoms with Gasteiger partial charge in [0.25, 0.3) is 5.56 Å². The minimum absolute atomic E-state index is 0.0307. The predicted octanol–water partition coefficient (Wildman–Crippen LogP) is 3.22. The van der Waals surface area contributed by atoms with Crippen LogP contribution >= 0.6 is 11.8 Å². The molecule has 1 heterocycles. The number of nitrogen functional groups attached to an aromatic ring is 1. The Morgan fingerprint density at radius 1 is 1.13 bits per heavy atom. The average molecular weight is 427 g/mol. The number of hydrogen-bond donors (Lipinski definition) is 2. The van der Waals surface area contributed by atoms with Crippen molar-refractivity contribution in [2.75, 3.05) is 22.9 Å². The summed E-state index contributed by atoms with van der Waals surface area (Å²) >= 11 is 1.40. The Balaban J connectivity index is 1.83. The number of aromatic amines is 1. The van der Waals surface area contributed by atoms with Gasteiger partial charge in [-0.3, -0.25) is 19.1 Å². The maximum absolute atomic E-state index is 12.9. The van der Waals surface area contributed by atoms with E-state index in [0.29, 0.717) is 6.54 Å². The second-order valence-electron chi connectivity index (χ2n) is 6.93. The first-order chi connectivity index (χ1) is 14.5. The molecule has 0 spiro atoms. The normalized spacial score (nSPS) is 11.0. The standard InChI is InChI=1S/C22H26N4O3S/c1-3-5-12-26-20(23)19(21(28)24-22(26)29)25(4-2)18(27)14-30-17-11-10-15-8-6-7-9-16(15)13-17/h6-11,13H,3-5,12,14,23H2,1-2H3,(H,24,28,29). The summed E-state index contributed by atoms with van der Waals surface area (Å²) in [6.07, 6.45) is 1.62. The molecule has 2 aromatic carbocycles. The van der Waals surface area contributed by atoms with Crippen molar-refractivity contribution in [2.45, 2.75) is 38.1 Å². The van der Waals surface area contributed by atoms with Gasteiger partial charge in [-0.2, -0.15) is 0 Å². The summed E-state index contributed by atoms with van der Waals surface area (Å²) in [6.45, 7) is 4.44. The Kier molecular flexibility index (Phi) is 6.99. The van der Waals surface area contributed by atoms with Gasteiger partial charge in [0.2, 0.25) is 5.91 Å². The molecule has 1 amide bonds. The van der Waals surface area contributed by atoms with Crippen LogP contribution in [0.15, 0.2) is 56.9 Å². The molecule has 0 radical (unpaired) electrons. The van der Waals surface area contributed by atoms with Gasteiger partial charge in [-0.1, -0.05) is 43.7 Å². The zero-order chi connectivity index (χ0) is 21.7. The van der Waals surface area contributed by atoms with Crippen LogP contribution in [0.4, 0.5) is 11.5 Å². The molecule has 0 aliphatic carbocycles. The number of anilines is 2. The first-order valence-corrected chi connectivity index (χ1v) is 11.0. The van der Waals surface area contributed by atoms with Crippen LogP contribution in [0, 0.1) is 0 Å². The fraction of sp³-hybridized carbons (Fsp3) is 0.318. The lowest BCUT2D eigenvalue weighted by atomic mass is 10.1. The third kappa shape index (κ3) is 4.59.